The molecular weight excluding hydrogens is 440 g/mol. The van der Waals surface area contributed by atoms with Crippen molar-refractivity contribution in [2.24, 2.45) is 0 Å². The number of aliphatic hydroxyl groups excluding tert-OH is 1. The van der Waals surface area contributed by atoms with Crippen LogP contribution in [-0.2, 0) is 9.59 Å². The Labute approximate surface area is 209 Å². The molecule has 1 atom stereocenters. The molecular formula is C29H38N2O4. The number of methoxy groups -OCH3 is 1. The van der Waals surface area contributed by atoms with Crippen LogP contribution < -0.4 is 4.74 Å². The number of rotatable bonds is 13. The van der Waals surface area contributed by atoms with E-state index < -0.39 is 17.7 Å². The number of likely N-dealkylation sites (tertiary alicyclic amines) is 1. The minimum Gasteiger partial charge on any atom is -0.507 e. The van der Waals surface area contributed by atoms with Crippen molar-refractivity contribution < 1.29 is 19.4 Å². The summed E-state index contributed by atoms with van der Waals surface area (Å²) < 4.78 is 5.58. The smallest absolute Gasteiger partial charge is 0.295 e. The number of ketones is 1. The first-order valence-corrected chi connectivity index (χ1v) is 12.7. The van der Waals surface area contributed by atoms with Gasteiger partial charge < -0.3 is 19.6 Å². The van der Waals surface area contributed by atoms with Crippen molar-refractivity contribution in [3.05, 3.63) is 71.3 Å². The lowest BCUT2D eigenvalue weighted by molar-refractivity contribution is -0.140. The summed E-state index contributed by atoms with van der Waals surface area (Å²) in [6.45, 7) is 7.75. The summed E-state index contributed by atoms with van der Waals surface area (Å²) in [6, 6.07) is 15.6. The highest BCUT2D eigenvalue weighted by molar-refractivity contribution is 6.46. The van der Waals surface area contributed by atoms with Crippen LogP contribution in [-0.4, -0.2) is 59.9 Å². The number of carbonyl (C=O) groups excluding carboxylic acids is 2. The Morgan fingerprint density at radius 3 is 2.14 bits per heavy atom. The Morgan fingerprint density at radius 1 is 0.914 bits per heavy atom. The highest BCUT2D eigenvalue weighted by Crippen LogP contribution is 2.42. The van der Waals surface area contributed by atoms with Crippen LogP contribution in [0.3, 0.4) is 0 Å². The fraction of sp³-hybridized carbons (Fsp3) is 0.448. The van der Waals surface area contributed by atoms with Gasteiger partial charge in [-0.15, -0.1) is 0 Å². The van der Waals surface area contributed by atoms with Crippen molar-refractivity contribution in [2.45, 2.75) is 52.0 Å². The Hall–Kier alpha value is -3.12. The molecule has 1 unspecified atom stereocenters. The molecule has 0 aliphatic carbocycles. The molecule has 2 aromatic carbocycles. The summed E-state index contributed by atoms with van der Waals surface area (Å²) in [4.78, 5) is 30.5. The zero-order chi connectivity index (χ0) is 25.2. The van der Waals surface area contributed by atoms with Gasteiger partial charge in [0.1, 0.15) is 11.5 Å². The van der Waals surface area contributed by atoms with Gasteiger partial charge in [-0.05, 0) is 45.0 Å². The van der Waals surface area contributed by atoms with Crippen LogP contribution in [0.5, 0.6) is 5.75 Å². The molecule has 3 rings (SSSR count). The van der Waals surface area contributed by atoms with E-state index in [0.717, 1.165) is 51.7 Å². The van der Waals surface area contributed by atoms with E-state index in [1.807, 2.05) is 30.3 Å². The van der Waals surface area contributed by atoms with Gasteiger partial charge in [0.05, 0.1) is 18.7 Å². The summed E-state index contributed by atoms with van der Waals surface area (Å²) in [5.74, 6) is -0.811. The van der Waals surface area contributed by atoms with Crippen LogP contribution in [0.15, 0.2) is 60.2 Å². The van der Waals surface area contributed by atoms with Crippen molar-refractivity contribution in [2.75, 3.05) is 33.3 Å². The first-order chi connectivity index (χ1) is 17.0. The fourth-order valence-electron chi connectivity index (χ4n) is 4.64. The number of ether oxygens (including phenoxy) is 1. The van der Waals surface area contributed by atoms with Crippen LogP contribution >= 0.6 is 0 Å². The second-order valence-electron chi connectivity index (χ2n) is 9.00. The molecule has 6 heteroatoms. The molecule has 1 aliphatic rings. The molecule has 188 valence electrons. The lowest BCUT2D eigenvalue weighted by Gasteiger charge is -2.28. The molecule has 1 fully saturated rings. The number of carbonyl (C=O) groups is 2. The first-order valence-electron chi connectivity index (χ1n) is 12.7. The molecule has 1 heterocycles. The second-order valence-corrected chi connectivity index (χ2v) is 9.00. The molecule has 1 N–H and O–H groups in total. The highest BCUT2D eigenvalue weighted by Gasteiger charge is 2.46. The van der Waals surface area contributed by atoms with Crippen molar-refractivity contribution in [1.29, 1.82) is 0 Å². The van der Waals surface area contributed by atoms with E-state index in [0.29, 0.717) is 23.4 Å². The molecule has 35 heavy (non-hydrogen) atoms. The zero-order valence-electron chi connectivity index (χ0n) is 21.2. The number of amides is 1. The third-order valence-corrected chi connectivity index (χ3v) is 6.55. The minimum atomic E-state index is -0.703. The summed E-state index contributed by atoms with van der Waals surface area (Å²) in [5, 5.41) is 11.2. The van der Waals surface area contributed by atoms with E-state index in [-0.39, 0.29) is 11.3 Å². The maximum Gasteiger partial charge on any atom is 0.295 e. The number of hydrogen-bond donors (Lipinski definition) is 1. The summed E-state index contributed by atoms with van der Waals surface area (Å²) in [7, 11) is 1.57. The van der Waals surface area contributed by atoms with Gasteiger partial charge in [0.25, 0.3) is 11.7 Å². The molecule has 0 aromatic heterocycles. The number of nitrogens with zero attached hydrogens (tertiary/aromatic N) is 2. The van der Waals surface area contributed by atoms with Gasteiger partial charge in [-0.25, -0.2) is 0 Å². The average Bonchev–Trinajstić information content (AvgIpc) is 3.14. The van der Waals surface area contributed by atoms with Gasteiger partial charge in [0.15, 0.2) is 0 Å². The van der Waals surface area contributed by atoms with Gasteiger partial charge in [-0.1, -0.05) is 75.2 Å². The quantitative estimate of drug-likeness (QED) is 0.237. The standard InChI is InChI=1S/C29H38N2O4/c1-4-6-18-30(19-7-5-2)20-13-21-31-26(23-16-11-12-17-24(23)35-3)25(28(33)29(31)34)27(32)22-14-9-8-10-15-22/h8-12,14-17,26,32H,4-7,13,18-21H2,1-3H3/b27-25-. The van der Waals surface area contributed by atoms with Crippen molar-refractivity contribution in [3.63, 3.8) is 0 Å². The third kappa shape index (κ3) is 6.31. The minimum absolute atomic E-state index is 0.111. The molecule has 2 aromatic rings. The van der Waals surface area contributed by atoms with E-state index in [1.165, 1.54) is 0 Å². The number of hydrogen-bond acceptors (Lipinski definition) is 5. The van der Waals surface area contributed by atoms with Crippen LogP contribution in [0.25, 0.3) is 5.76 Å². The topological polar surface area (TPSA) is 70.1 Å². The molecule has 0 spiro atoms. The van der Waals surface area contributed by atoms with E-state index >= 15 is 0 Å². The number of benzene rings is 2. The van der Waals surface area contributed by atoms with E-state index in [2.05, 4.69) is 18.7 Å². The monoisotopic (exact) mass is 478 g/mol. The van der Waals surface area contributed by atoms with Crippen LogP contribution in [0, 0.1) is 0 Å². The molecule has 0 saturated carbocycles. The number of unbranched alkanes of at least 4 members (excludes halogenated alkanes) is 2. The molecule has 1 amide bonds. The van der Waals surface area contributed by atoms with Gasteiger partial charge in [-0.3, -0.25) is 9.59 Å². The Kier molecular flexibility index (Phi) is 9.91. The van der Waals surface area contributed by atoms with Gasteiger partial charge in [0, 0.05) is 17.7 Å². The van der Waals surface area contributed by atoms with Crippen LogP contribution in [0.4, 0.5) is 0 Å². The average molecular weight is 479 g/mol. The van der Waals surface area contributed by atoms with Gasteiger partial charge in [-0.2, -0.15) is 0 Å². The fourth-order valence-corrected chi connectivity index (χ4v) is 4.64. The van der Waals surface area contributed by atoms with Crippen molar-refractivity contribution in [3.8, 4) is 5.75 Å². The third-order valence-electron chi connectivity index (χ3n) is 6.55. The molecule has 6 nitrogen and oxygen atoms in total. The van der Waals surface area contributed by atoms with E-state index in [1.54, 1.807) is 36.3 Å². The second kappa shape index (κ2) is 13.1. The molecule has 0 bridgehead atoms. The maximum absolute atomic E-state index is 13.2. The van der Waals surface area contributed by atoms with Crippen LogP contribution in [0.2, 0.25) is 0 Å². The first kappa shape index (κ1) is 26.5. The van der Waals surface area contributed by atoms with Gasteiger partial charge in [0.2, 0.25) is 0 Å². The van der Waals surface area contributed by atoms with Crippen LogP contribution in [0.1, 0.15) is 63.1 Å². The van der Waals surface area contributed by atoms with Gasteiger partial charge >= 0.3 is 0 Å². The van der Waals surface area contributed by atoms with E-state index in [9.17, 15) is 14.7 Å². The highest BCUT2D eigenvalue weighted by atomic mass is 16.5. The number of aliphatic hydroxyl groups is 1. The summed E-state index contributed by atoms with van der Waals surface area (Å²) >= 11 is 0. The lowest BCUT2D eigenvalue weighted by atomic mass is 9.94. The van der Waals surface area contributed by atoms with Crippen molar-refractivity contribution >= 4 is 17.4 Å². The predicted octanol–water partition coefficient (Wildman–Crippen LogP) is 5.41. The zero-order valence-corrected chi connectivity index (χ0v) is 21.2. The number of para-hydroxylation sites is 1. The number of Topliss-reactive ketones (excluding diaryl/α,β-unsaturated/α-hetero) is 1. The SMILES string of the molecule is CCCCN(CCCC)CCCN1C(=O)C(=O)/C(=C(\O)c2ccccc2)C1c1ccccc1OC. The predicted molar refractivity (Wildman–Crippen MR) is 139 cm³/mol. The molecule has 0 radical (unpaired) electrons. The largest absolute Gasteiger partial charge is 0.507 e. The lowest BCUT2D eigenvalue weighted by Crippen LogP contribution is -2.34. The Bertz CT molecular complexity index is 1010. The maximum atomic E-state index is 13.2. The normalized spacial score (nSPS) is 17.4. The summed E-state index contributed by atoms with van der Waals surface area (Å²) in [6.07, 6.45) is 5.32. The summed E-state index contributed by atoms with van der Waals surface area (Å²) in [5.41, 5.74) is 1.32. The molecule has 1 saturated heterocycles. The van der Waals surface area contributed by atoms with E-state index in [4.69, 9.17) is 4.74 Å². The Balaban J connectivity index is 1.93. The Morgan fingerprint density at radius 2 is 1.51 bits per heavy atom. The van der Waals surface area contributed by atoms with Crippen molar-refractivity contribution in [1.82, 2.24) is 9.80 Å². The molecule has 1 aliphatic heterocycles.